The van der Waals surface area contributed by atoms with Crippen LogP contribution in [0.5, 0.6) is 5.75 Å². The lowest BCUT2D eigenvalue weighted by molar-refractivity contribution is -0.138. The van der Waals surface area contributed by atoms with E-state index in [0.717, 1.165) is 11.3 Å². The molecular weight excluding hydrogens is 232 g/mol. The van der Waals surface area contributed by atoms with Gasteiger partial charge in [-0.15, -0.1) is 0 Å². The predicted molar refractivity (Wildman–Crippen MR) is 68.5 cm³/mol. The number of aliphatic carboxylic acids is 1. The molecule has 0 aliphatic carbocycles. The second kappa shape index (κ2) is 7.27. The summed E-state index contributed by atoms with van der Waals surface area (Å²) >= 11 is 0. The van der Waals surface area contributed by atoms with Crippen LogP contribution in [0.3, 0.4) is 0 Å². The fraction of sp³-hybridized carbons (Fsp3) is 0.286. The lowest BCUT2D eigenvalue weighted by atomic mass is 10.1. The standard InChI is InChI=1S/C14H16O4/c1-2-18-13-8-4-11(5-9-13)3-6-12(15)7-10-14(16)17/h3-6,8-9H,2,7,10H2,1H3,(H,16,17). The van der Waals surface area contributed by atoms with Gasteiger partial charge in [0, 0.05) is 6.42 Å². The number of ether oxygens (including phenoxy) is 1. The summed E-state index contributed by atoms with van der Waals surface area (Å²) in [6, 6.07) is 7.33. The van der Waals surface area contributed by atoms with Crippen LogP contribution in [0.4, 0.5) is 0 Å². The summed E-state index contributed by atoms with van der Waals surface area (Å²) in [6.45, 7) is 2.53. The molecule has 0 bridgehead atoms. The van der Waals surface area contributed by atoms with Gasteiger partial charge in [-0.05, 0) is 30.7 Å². The molecule has 96 valence electrons. The van der Waals surface area contributed by atoms with Crippen molar-refractivity contribution in [3.63, 3.8) is 0 Å². The van der Waals surface area contributed by atoms with E-state index < -0.39 is 5.97 Å². The molecule has 0 aliphatic heterocycles. The molecule has 1 N–H and O–H groups in total. The Morgan fingerprint density at radius 1 is 1.22 bits per heavy atom. The first-order valence-electron chi connectivity index (χ1n) is 5.77. The lowest BCUT2D eigenvalue weighted by Gasteiger charge is -2.02. The minimum atomic E-state index is -0.960. The quantitative estimate of drug-likeness (QED) is 0.753. The lowest BCUT2D eigenvalue weighted by Crippen LogP contribution is -1.99. The Morgan fingerprint density at radius 2 is 1.89 bits per heavy atom. The van der Waals surface area contributed by atoms with Crippen molar-refractivity contribution in [3.8, 4) is 5.75 Å². The molecule has 0 saturated heterocycles. The van der Waals surface area contributed by atoms with Gasteiger partial charge in [0.15, 0.2) is 5.78 Å². The molecule has 0 radical (unpaired) electrons. The average molecular weight is 248 g/mol. The number of ketones is 1. The number of allylic oxidation sites excluding steroid dienone is 1. The molecule has 0 fully saturated rings. The molecule has 18 heavy (non-hydrogen) atoms. The predicted octanol–water partition coefficient (Wildman–Crippen LogP) is 2.53. The number of carboxylic acid groups (broad SMARTS) is 1. The number of hydrogen-bond acceptors (Lipinski definition) is 3. The van der Waals surface area contributed by atoms with Crippen molar-refractivity contribution >= 4 is 17.8 Å². The highest BCUT2D eigenvalue weighted by atomic mass is 16.5. The fourth-order valence-corrected chi connectivity index (χ4v) is 1.34. The Labute approximate surface area is 106 Å². The molecule has 0 aliphatic rings. The van der Waals surface area contributed by atoms with E-state index in [9.17, 15) is 9.59 Å². The Morgan fingerprint density at radius 3 is 2.44 bits per heavy atom. The third-order valence-electron chi connectivity index (χ3n) is 2.24. The van der Waals surface area contributed by atoms with E-state index in [4.69, 9.17) is 9.84 Å². The summed E-state index contributed by atoms with van der Waals surface area (Å²) in [7, 11) is 0. The number of carbonyl (C=O) groups excluding carboxylic acids is 1. The first-order valence-corrected chi connectivity index (χ1v) is 5.77. The van der Waals surface area contributed by atoms with Crippen molar-refractivity contribution in [1.82, 2.24) is 0 Å². The van der Waals surface area contributed by atoms with Gasteiger partial charge in [-0.25, -0.2) is 0 Å². The molecule has 0 unspecified atom stereocenters. The van der Waals surface area contributed by atoms with Crippen LogP contribution in [0.25, 0.3) is 6.08 Å². The van der Waals surface area contributed by atoms with E-state index in [1.165, 1.54) is 6.08 Å². The van der Waals surface area contributed by atoms with Gasteiger partial charge in [0.05, 0.1) is 13.0 Å². The van der Waals surface area contributed by atoms with Gasteiger partial charge in [-0.2, -0.15) is 0 Å². The highest BCUT2D eigenvalue weighted by molar-refractivity contribution is 5.95. The summed E-state index contributed by atoms with van der Waals surface area (Å²) in [5, 5.41) is 8.44. The van der Waals surface area contributed by atoms with Gasteiger partial charge in [0.1, 0.15) is 5.75 Å². The number of carboxylic acids is 1. The SMILES string of the molecule is CCOc1ccc(C=CC(=O)CCC(=O)O)cc1. The minimum absolute atomic E-state index is 0.0306. The van der Waals surface area contributed by atoms with Crippen LogP contribution in [0.15, 0.2) is 30.3 Å². The zero-order valence-corrected chi connectivity index (χ0v) is 10.3. The Balaban J connectivity index is 2.50. The molecule has 0 aromatic heterocycles. The van der Waals surface area contributed by atoms with Gasteiger partial charge in [-0.1, -0.05) is 18.2 Å². The van der Waals surface area contributed by atoms with Crippen molar-refractivity contribution in [2.45, 2.75) is 19.8 Å². The zero-order chi connectivity index (χ0) is 13.4. The van der Waals surface area contributed by atoms with E-state index in [-0.39, 0.29) is 18.6 Å². The molecule has 1 rings (SSSR count). The number of rotatable bonds is 7. The van der Waals surface area contributed by atoms with E-state index in [1.54, 1.807) is 6.08 Å². The first kappa shape index (κ1) is 14.0. The van der Waals surface area contributed by atoms with Crippen molar-refractivity contribution in [2.75, 3.05) is 6.61 Å². The van der Waals surface area contributed by atoms with Crippen LogP contribution < -0.4 is 4.74 Å². The molecule has 4 nitrogen and oxygen atoms in total. The second-order valence-electron chi connectivity index (χ2n) is 3.70. The number of carbonyl (C=O) groups is 2. The smallest absolute Gasteiger partial charge is 0.303 e. The third-order valence-corrected chi connectivity index (χ3v) is 2.24. The number of hydrogen-bond donors (Lipinski definition) is 1. The van der Waals surface area contributed by atoms with Gasteiger partial charge < -0.3 is 9.84 Å². The number of benzene rings is 1. The fourth-order valence-electron chi connectivity index (χ4n) is 1.34. The zero-order valence-electron chi connectivity index (χ0n) is 10.3. The van der Waals surface area contributed by atoms with Crippen molar-refractivity contribution in [1.29, 1.82) is 0 Å². The highest BCUT2D eigenvalue weighted by Crippen LogP contribution is 2.13. The van der Waals surface area contributed by atoms with Gasteiger partial charge in [0.2, 0.25) is 0 Å². The van der Waals surface area contributed by atoms with Gasteiger partial charge in [0.25, 0.3) is 0 Å². The summed E-state index contributed by atoms with van der Waals surface area (Å²) in [4.78, 5) is 21.6. The molecule has 0 amide bonds. The van der Waals surface area contributed by atoms with Crippen molar-refractivity contribution < 1.29 is 19.4 Å². The summed E-state index contributed by atoms with van der Waals surface area (Å²) < 4.78 is 5.30. The van der Waals surface area contributed by atoms with Crippen molar-refractivity contribution in [2.24, 2.45) is 0 Å². The molecule has 0 atom stereocenters. The Bertz CT molecular complexity index is 432. The van der Waals surface area contributed by atoms with Crippen molar-refractivity contribution in [3.05, 3.63) is 35.9 Å². The normalized spacial score (nSPS) is 10.5. The average Bonchev–Trinajstić information content (AvgIpc) is 2.36. The Hall–Kier alpha value is -2.10. The molecular formula is C14H16O4. The molecule has 0 heterocycles. The monoisotopic (exact) mass is 248 g/mol. The van der Waals surface area contributed by atoms with E-state index in [2.05, 4.69) is 0 Å². The summed E-state index contributed by atoms with van der Waals surface area (Å²) in [5.41, 5.74) is 0.877. The van der Waals surface area contributed by atoms with Crippen LogP contribution in [0.1, 0.15) is 25.3 Å². The Kier molecular flexibility index (Phi) is 5.64. The van der Waals surface area contributed by atoms with E-state index in [0.29, 0.717) is 6.61 Å². The van der Waals surface area contributed by atoms with E-state index in [1.807, 2.05) is 31.2 Å². The minimum Gasteiger partial charge on any atom is -0.494 e. The first-order chi connectivity index (χ1) is 8.61. The maximum absolute atomic E-state index is 11.3. The van der Waals surface area contributed by atoms with Crippen LogP contribution in [-0.2, 0) is 9.59 Å². The topological polar surface area (TPSA) is 63.6 Å². The molecule has 0 spiro atoms. The molecule has 4 heteroatoms. The van der Waals surface area contributed by atoms with Crippen LogP contribution >= 0.6 is 0 Å². The summed E-state index contributed by atoms with van der Waals surface area (Å²) in [5.74, 6) is -0.365. The molecule has 1 aromatic carbocycles. The van der Waals surface area contributed by atoms with Gasteiger partial charge >= 0.3 is 5.97 Å². The largest absolute Gasteiger partial charge is 0.494 e. The van der Waals surface area contributed by atoms with Gasteiger partial charge in [-0.3, -0.25) is 9.59 Å². The van der Waals surface area contributed by atoms with Crippen LogP contribution in [-0.4, -0.2) is 23.5 Å². The molecule has 1 aromatic rings. The maximum atomic E-state index is 11.3. The second-order valence-corrected chi connectivity index (χ2v) is 3.70. The van der Waals surface area contributed by atoms with Crippen LogP contribution in [0.2, 0.25) is 0 Å². The summed E-state index contributed by atoms with van der Waals surface area (Å²) in [6.07, 6.45) is 2.97. The van der Waals surface area contributed by atoms with Crippen LogP contribution in [0, 0.1) is 0 Å². The molecule has 0 saturated carbocycles. The highest BCUT2D eigenvalue weighted by Gasteiger charge is 2.01. The van der Waals surface area contributed by atoms with E-state index >= 15 is 0 Å². The maximum Gasteiger partial charge on any atom is 0.303 e. The third kappa shape index (κ3) is 5.30.